The number of nitrogens with one attached hydrogen (secondary N) is 1. The first-order chi connectivity index (χ1) is 12.7. The first-order valence-electron chi connectivity index (χ1n) is 7.56. The van der Waals surface area contributed by atoms with Gasteiger partial charge < -0.3 is 5.32 Å². The van der Waals surface area contributed by atoms with E-state index in [4.69, 9.17) is 23.2 Å². The topological polar surface area (TPSA) is 59.1 Å². The van der Waals surface area contributed by atoms with Crippen LogP contribution in [0.25, 0.3) is 0 Å². The summed E-state index contributed by atoms with van der Waals surface area (Å²) in [6.07, 6.45) is 1.31. The fraction of sp³-hybridized carbons (Fsp3) is 0.118. The number of sulfone groups is 1. The molecule has 0 aliphatic carbocycles. The van der Waals surface area contributed by atoms with Gasteiger partial charge in [0.1, 0.15) is 15.7 Å². The Balaban J connectivity index is 1.97. The van der Waals surface area contributed by atoms with Gasteiger partial charge in [-0.25, -0.2) is 22.2 Å². The number of hydrogen-bond acceptors (Lipinski definition) is 5. The summed E-state index contributed by atoms with van der Waals surface area (Å²) in [7, 11) is -4.12. The Kier molecular flexibility index (Phi) is 5.71. The number of rotatable bonds is 5. The van der Waals surface area contributed by atoms with E-state index in [1.165, 1.54) is 35.8 Å². The summed E-state index contributed by atoms with van der Waals surface area (Å²) in [6, 6.07) is 6.03. The average Bonchev–Trinajstić information content (AvgIpc) is 3.14. The molecule has 0 aliphatic heterocycles. The highest BCUT2D eigenvalue weighted by Gasteiger charge is 2.27. The van der Waals surface area contributed by atoms with Crippen LogP contribution in [-0.2, 0) is 9.84 Å². The molecule has 142 valence electrons. The Morgan fingerprint density at radius 2 is 1.93 bits per heavy atom. The summed E-state index contributed by atoms with van der Waals surface area (Å²) in [6.45, 7) is 1.62. The third-order valence-electron chi connectivity index (χ3n) is 3.78. The van der Waals surface area contributed by atoms with E-state index in [-0.39, 0.29) is 20.6 Å². The summed E-state index contributed by atoms with van der Waals surface area (Å²) < 4.78 is 53.4. The molecular formula is C17H12Cl2F2N2O2S2. The Hall–Kier alpha value is -1.74. The molecule has 3 rings (SSSR count). The van der Waals surface area contributed by atoms with Gasteiger partial charge in [-0.05, 0) is 31.2 Å². The summed E-state index contributed by atoms with van der Waals surface area (Å²) in [5, 5.41) is 4.11. The zero-order valence-electron chi connectivity index (χ0n) is 13.7. The van der Waals surface area contributed by atoms with Crippen LogP contribution in [-0.4, -0.2) is 13.4 Å². The van der Waals surface area contributed by atoms with Gasteiger partial charge in [-0.1, -0.05) is 29.3 Å². The van der Waals surface area contributed by atoms with Crippen molar-refractivity contribution in [1.82, 2.24) is 4.98 Å². The van der Waals surface area contributed by atoms with Crippen LogP contribution in [0.2, 0.25) is 10.0 Å². The van der Waals surface area contributed by atoms with Gasteiger partial charge >= 0.3 is 0 Å². The molecule has 3 aromatic rings. The number of thiazole rings is 1. The molecule has 0 unspecified atom stereocenters. The van der Waals surface area contributed by atoms with Crippen molar-refractivity contribution in [1.29, 1.82) is 0 Å². The lowest BCUT2D eigenvalue weighted by Crippen LogP contribution is -2.11. The third kappa shape index (κ3) is 3.80. The van der Waals surface area contributed by atoms with Crippen LogP contribution in [0.15, 0.2) is 51.1 Å². The van der Waals surface area contributed by atoms with Gasteiger partial charge in [-0.2, -0.15) is 0 Å². The van der Waals surface area contributed by atoms with Crippen molar-refractivity contribution in [2.75, 3.05) is 5.32 Å². The largest absolute Gasteiger partial charge is 0.377 e. The van der Waals surface area contributed by atoms with Crippen LogP contribution in [0.3, 0.4) is 0 Å². The predicted octanol–water partition coefficient (Wildman–Crippen LogP) is 5.73. The lowest BCUT2D eigenvalue weighted by molar-refractivity contribution is 0.566. The predicted molar refractivity (Wildman–Crippen MR) is 102 cm³/mol. The molecule has 27 heavy (non-hydrogen) atoms. The molecule has 10 heteroatoms. The van der Waals surface area contributed by atoms with E-state index in [0.717, 1.165) is 17.4 Å². The highest BCUT2D eigenvalue weighted by Crippen LogP contribution is 2.36. The summed E-state index contributed by atoms with van der Waals surface area (Å²) in [4.78, 5) is 3.13. The summed E-state index contributed by atoms with van der Waals surface area (Å²) in [5.74, 6) is -1.63. The van der Waals surface area contributed by atoms with E-state index in [1.807, 2.05) is 0 Å². The Morgan fingerprint density at radius 1 is 1.19 bits per heavy atom. The molecule has 0 bridgehead atoms. The monoisotopic (exact) mass is 448 g/mol. The van der Waals surface area contributed by atoms with Gasteiger partial charge in [-0.3, -0.25) is 0 Å². The second kappa shape index (κ2) is 7.71. The number of anilines is 1. The average molecular weight is 449 g/mol. The van der Waals surface area contributed by atoms with E-state index in [2.05, 4.69) is 10.3 Å². The minimum absolute atomic E-state index is 0.110. The van der Waals surface area contributed by atoms with Crippen LogP contribution in [0.5, 0.6) is 0 Å². The smallest absolute Gasteiger partial charge is 0.236 e. The van der Waals surface area contributed by atoms with Crippen LogP contribution in [0, 0.1) is 11.6 Å². The van der Waals surface area contributed by atoms with E-state index >= 15 is 0 Å². The summed E-state index contributed by atoms with van der Waals surface area (Å²) >= 11 is 12.9. The van der Waals surface area contributed by atoms with Crippen molar-refractivity contribution in [2.24, 2.45) is 0 Å². The number of hydrogen-bond donors (Lipinski definition) is 1. The highest BCUT2D eigenvalue weighted by molar-refractivity contribution is 7.93. The maximum atomic E-state index is 14.7. The molecule has 0 saturated heterocycles. The van der Waals surface area contributed by atoms with E-state index in [9.17, 15) is 17.2 Å². The van der Waals surface area contributed by atoms with Gasteiger partial charge in [0.25, 0.3) is 0 Å². The quantitative estimate of drug-likeness (QED) is 0.540. The molecule has 0 radical (unpaired) electrons. The second-order valence-corrected chi connectivity index (χ2v) is 9.31. The Labute approximate surface area is 168 Å². The molecule has 4 nitrogen and oxygen atoms in total. The maximum absolute atomic E-state index is 14.7. The Bertz CT molecular complexity index is 1070. The zero-order valence-corrected chi connectivity index (χ0v) is 16.9. The number of aromatic nitrogens is 1. The van der Waals surface area contributed by atoms with Crippen LogP contribution >= 0.6 is 34.5 Å². The molecule has 0 amide bonds. The van der Waals surface area contributed by atoms with Crippen LogP contribution in [0.4, 0.5) is 14.5 Å². The zero-order chi connectivity index (χ0) is 19.8. The second-order valence-electron chi connectivity index (χ2n) is 5.54. The standard InChI is InChI=1S/C17H12Cl2F2N2O2S2/c1-9(14-10(18)3-2-4-11(14)20)23-12-5-6-13(16(21)15(12)19)27(24,25)17-22-7-8-26-17/h2-9,23H,1H3/t9-/m0/s1. The molecule has 0 spiro atoms. The maximum Gasteiger partial charge on any atom is 0.236 e. The van der Waals surface area contributed by atoms with Gasteiger partial charge in [0.05, 0.1) is 11.7 Å². The number of nitrogens with zero attached hydrogens (tertiary/aromatic N) is 1. The van der Waals surface area contributed by atoms with Gasteiger partial charge in [0.15, 0.2) is 5.82 Å². The SMILES string of the molecule is C[C@H](Nc1ccc(S(=O)(=O)c2nccs2)c(F)c1Cl)c1c(F)cccc1Cl. The highest BCUT2D eigenvalue weighted by atomic mass is 35.5. The lowest BCUT2D eigenvalue weighted by atomic mass is 10.1. The van der Waals surface area contributed by atoms with Gasteiger partial charge in [0, 0.05) is 22.2 Å². The molecule has 2 aromatic carbocycles. The molecule has 1 atom stereocenters. The lowest BCUT2D eigenvalue weighted by Gasteiger charge is -2.19. The number of benzene rings is 2. The van der Waals surface area contributed by atoms with Gasteiger partial charge in [-0.15, -0.1) is 11.3 Å². The van der Waals surface area contributed by atoms with Crippen molar-refractivity contribution in [3.05, 3.63) is 69.2 Å². The molecule has 1 heterocycles. The minimum Gasteiger partial charge on any atom is -0.377 e. The molecule has 0 aliphatic rings. The molecular weight excluding hydrogens is 437 g/mol. The first kappa shape index (κ1) is 20.0. The summed E-state index contributed by atoms with van der Waals surface area (Å²) in [5.41, 5.74) is 0.300. The van der Waals surface area contributed by atoms with Crippen LogP contribution in [0.1, 0.15) is 18.5 Å². The Morgan fingerprint density at radius 3 is 2.56 bits per heavy atom. The van der Waals surface area contributed by atoms with Crippen molar-refractivity contribution in [3.63, 3.8) is 0 Å². The fourth-order valence-electron chi connectivity index (χ4n) is 2.52. The fourth-order valence-corrected chi connectivity index (χ4v) is 5.40. The van der Waals surface area contributed by atoms with E-state index in [1.54, 1.807) is 6.92 Å². The minimum atomic E-state index is -4.12. The number of halogens is 4. The first-order valence-corrected chi connectivity index (χ1v) is 10.7. The van der Waals surface area contributed by atoms with Crippen LogP contribution < -0.4 is 5.32 Å². The van der Waals surface area contributed by atoms with E-state index in [0.29, 0.717) is 0 Å². The molecule has 0 fully saturated rings. The van der Waals surface area contributed by atoms with Crippen molar-refractivity contribution >= 4 is 50.1 Å². The van der Waals surface area contributed by atoms with E-state index < -0.39 is 37.4 Å². The normalized spacial score (nSPS) is 12.8. The van der Waals surface area contributed by atoms with Crippen molar-refractivity contribution in [3.8, 4) is 0 Å². The van der Waals surface area contributed by atoms with Crippen molar-refractivity contribution < 1.29 is 17.2 Å². The molecule has 1 N–H and O–H groups in total. The molecule has 1 aromatic heterocycles. The molecule has 0 saturated carbocycles. The van der Waals surface area contributed by atoms with Crippen molar-refractivity contribution in [2.45, 2.75) is 22.2 Å². The van der Waals surface area contributed by atoms with Gasteiger partial charge in [0.2, 0.25) is 14.2 Å². The third-order valence-corrected chi connectivity index (χ3v) is 7.45.